The maximum absolute atomic E-state index is 12.3. The van der Waals surface area contributed by atoms with Crippen LogP contribution in [0.4, 0.5) is 5.69 Å². The van der Waals surface area contributed by atoms with Gasteiger partial charge in [0.05, 0.1) is 16.4 Å². The average Bonchev–Trinajstić information content (AvgIpc) is 2.77. The Morgan fingerprint density at radius 1 is 0.933 bits per heavy atom. The van der Waals surface area contributed by atoms with Crippen molar-refractivity contribution in [3.63, 3.8) is 0 Å². The molecule has 9 heteroatoms. The highest BCUT2D eigenvalue weighted by Gasteiger charge is 2.17. The lowest BCUT2D eigenvalue weighted by Gasteiger charge is -2.08. The standard InChI is InChI=1S/C21H18N2O6S/c24-21(14-22-30(27,28)20-12-8-18(9-13-20)23(25)26)17-6-10-19(11-7-17)29-15-16-4-2-1-3-5-16/h1-13,22H,14-15H2. The van der Waals surface area contributed by atoms with Gasteiger partial charge in [0, 0.05) is 17.7 Å². The molecular weight excluding hydrogens is 408 g/mol. The summed E-state index contributed by atoms with van der Waals surface area (Å²) in [5, 5.41) is 10.7. The van der Waals surface area contributed by atoms with Crippen molar-refractivity contribution in [2.24, 2.45) is 0 Å². The van der Waals surface area contributed by atoms with Crippen molar-refractivity contribution in [3.05, 3.63) is 100 Å². The topological polar surface area (TPSA) is 116 Å². The Kier molecular flexibility index (Phi) is 6.55. The molecule has 0 unspecified atom stereocenters. The number of nitro benzene ring substituents is 1. The predicted octanol–water partition coefficient (Wildman–Crippen LogP) is 3.34. The Morgan fingerprint density at radius 2 is 1.57 bits per heavy atom. The molecule has 0 aliphatic rings. The van der Waals surface area contributed by atoms with Crippen molar-refractivity contribution in [1.29, 1.82) is 0 Å². The first kappa shape index (κ1) is 21.2. The summed E-state index contributed by atoms with van der Waals surface area (Å²) in [4.78, 5) is 22.2. The van der Waals surface area contributed by atoms with Crippen LogP contribution in [0.2, 0.25) is 0 Å². The van der Waals surface area contributed by atoms with Crippen LogP contribution in [0.5, 0.6) is 5.75 Å². The molecule has 1 N–H and O–H groups in total. The average molecular weight is 426 g/mol. The zero-order chi connectivity index (χ0) is 21.6. The van der Waals surface area contributed by atoms with Crippen LogP contribution in [0.25, 0.3) is 0 Å². The van der Waals surface area contributed by atoms with Crippen molar-refractivity contribution in [3.8, 4) is 5.75 Å². The summed E-state index contributed by atoms with van der Waals surface area (Å²) < 4.78 is 32.4. The molecule has 0 bridgehead atoms. The number of nitrogens with zero attached hydrogens (tertiary/aromatic N) is 1. The van der Waals surface area contributed by atoms with Crippen LogP contribution in [0.15, 0.2) is 83.8 Å². The molecule has 0 spiro atoms. The van der Waals surface area contributed by atoms with Gasteiger partial charge in [0.1, 0.15) is 12.4 Å². The number of sulfonamides is 1. The normalized spacial score (nSPS) is 11.1. The molecule has 0 aliphatic heterocycles. The van der Waals surface area contributed by atoms with Gasteiger partial charge in [-0.2, -0.15) is 0 Å². The highest BCUT2D eigenvalue weighted by atomic mass is 32.2. The van der Waals surface area contributed by atoms with E-state index in [1.165, 1.54) is 0 Å². The van der Waals surface area contributed by atoms with Gasteiger partial charge in [-0.1, -0.05) is 30.3 Å². The maximum Gasteiger partial charge on any atom is 0.269 e. The molecule has 0 saturated carbocycles. The van der Waals surface area contributed by atoms with Crippen LogP contribution in [-0.4, -0.2) is 25.7 Å². The second-order valence-electron chi connectivity index (χ2n) is 6.30. The van der Waals surface area contributed by atoms with Gasteiger partial charge in [-0.15, -0.1) is 0 Å². The van der Waals surface area contributed by atoms with Gasteiger partial charge in [-0.05, 0) is 42.0 Å². The van der Waals surface area contributed by atoms with Crippen molar-refractivity contribution < 1.29 is 22.9 Å². The zero-order valence-electron chi connectivity index (χ0n) is 15.7. The molecule has 0 atom stereocenters. The SMILES string of the molecule is O=C(CNS(=O)(=O)c1ccc([N+](=O)[O-])cc1)c1ccc(OCc2ccccc2)cc1. The Hall–Kier alpha value is -3.56. The van der Waals surface area contributed by atoms with E-state index in [1.807, 2.05) is 30.3 Å². The van der Waals surface area contributed by atoms with Gasteiger partial charge >= 0.3 is 0 Å². The van der Waals surface area contributed by atoms with Crippen molar-refractivity contribution >= 4 is 21.5 Å². The molecule has 0 fully saturated rings. The number of Topliss-reactive ketones (excluding diaryl/α,β-unsaturated/α-hetero) is 1. The van der Waals surface area contributed by atoms with Gasteiger partial charge in [0.2, 0.25) is 10.0 Å². The Balaban J connectivity index is 1.56. The first-order chi connectivity index (χ1) is 14.3. The molecule has 154 valence electrons. The third kappa shape index (κ3) is 5.49. The molecule has 0 aliphatic carbocycles. The van der Waals surface area contributed by atoms with Gasteiger partial charge in [-0.25, -0.2) is 13.1 Å². The fraction of sp³-hybridized carbons (Fsp3) is 0.0952. The Bertz CT molecular complexity index is 1130. The second kappa shape index (κ2) is 9.29. The van der Waals surface area contributed by atoms with Gasteiger partial charge in [-0.3, -0.25) is 14.9 Å². The van der Waals surface area contributed by atoms with Crippen LogP contribution in [-0.2, 0) is 16.6 Å². The summed E-state index contributed by atoms with van der Waals surface area (Å²) >= 11 is 0. The number of hydrogen-bond donors (Lipinski definition) is 1. The number of carbonyl (C=O) groups excluding carboxylic acids is 1. The minimum Gasteiger partial charge on any atom is -0.489 e. The molecule has 0 aromatic heterocycles. The Labute approximate surface area is 173 Å². The predicted molar refractivity (Wildman–Crippen MR) is 110 cm³/mol. The lowest BCUT2D eigenvalue weighted by Crippen LogP contribution is -2.29. The lowest BCUT2D eigenvalue weighted by molar-refractivity contribution is -0.384. The van der Waals surface area contributed by atoms with E-state index in [-0.39, 0.29) is 10.6 Å². The van der Waals surface area contributed by atoms with Crippen molar-refractivity contribution in [2.45, 2.75) is 11.5 Å². The summed E-state index contributed by atoms with van der Waals surface area (Å²) in [6.45, 7) is -0.0489. The van der Waals surface area contributed by atoms with Crippen molar-refractivity contribution in [1.82, 2.24) is 4.72 Å². The number of benzene rings is 3. The quantitative estimate of drug-likeness (QED) is 0.319. The van der Waals surface area contributed by atoms with Crippen LogP contribution < -0.4 is 9.46 Å². The highest BCUT2D eigenvalue weighted by Crippen LogP contribution is 2.17. The number of nitrogens with one attached hydrogen (secondary N) is 1. The monoisotopic (exact) mass is 426 g/mol. The Morgan fingerprint density at radius 3 is 2.17 bits per heavy atom. The summed E-state index contributed by atoms with van der Waals surface area (Å²) in [6, 6.07) is 20.4. The largest absolute Gasteiger partial charge is 0.489 e. The fourth-order valence-corrected chi connectivity index (χ4v) is 3.55. The van der Waals surface area contributed by atoms with E-state index in [0.717, 1.165) is 29.8 Å². The molecule has 0 amide bonds. The first-order valence-corrected chi connectivity index (χ1v) is 10.4. The summed E-state index contributed by atoms with van der Waals surface area (Å²) in [5.74, 6) is 0.164. The smallest absolute Gasteiger partial charge is 0.269 e. The number of carbonyl (C=O) groups is 1. The minimum absolute atomic E-state index is 0.162. The summed E-state index contributed by atoms with van der Waals surface area (Å²) in [5.41, 5.74) is 1.12. The molecular formula is C21H18N2O6S. The van der Waals surface area contributed by atoms with Crippen molar-refractivity contribution in [2.75, 3.05) is 6.54 Å². The minimum atomic E-state index is -3.97. The molecule has 3 aromatic rings. The lowest BCUT2D eigenvalue weighted by atomic mass is 10.1. The number of non-ortho nitro benzene ring substituents is 1. The highest BCUT2D eigenvalue weighted by molar-refractivity contribution is 7.89. The maximum atomic E-state index is 12.3. The molecule has 3 aromatic carbocycles. The van der Waals surface area contributed by atoms with E-state index in [2.05, 4.69) is 4.72 Å². The second-order valence-corrected chi connectivity index (χ2v) is 8.06. The molecule has 0 heterocycles. The number of rotatable bonds is 9. The van der Waals surface area contributed by atoms with E-state index in [4.69, 9.17) is 4.74 Å². The first-order valence-electron chi connectivity index (χ1n) is 8.89. The zero-order valence-corrected chi connectivity index (χ0v) is 16.5. The van der Waals surface area contributed by atoms with Crippen LogP contribution >= 0.6 is 0 Å². The molecule has 0 saturated heterocycles. The van der Waals surface area contributed by atoms with Gasteiger partial charge < -0.3 is 4.74 Å². The van der Waals surface area contributed by atoms with E-state index in [9.17, 15) is 23.3 Å². The van der Waals surface area contributed by atoms with E-state index < -0.39 is 27.3 Å². The third-order valence-electron chi connectivity index (χ3n) is 4.21. The van der Waals surface area contributed by atoms with Crippen LogP contribution in [0, 0.1) is 10.1 Å². The third-order valence-corrected chi connectivity index (χ3v) is 5.62. The van der Waals surface area contributed by atoms with E-state index in [1.54, 1.807) is 24.3 Å². The summed E-state index contributed by atoms with van der Waals surface area (Å²) in [7, 11) is -3.97. The van der Waals surface area contributed by atoms with Crippen LogP contribution in [0.3, 0.4) is 0 Å². The van der Waals surface area contributed by atoms with Gasteiger partial charge in [0.25, 0.3) is 5.69 Å². The van der Waals surface area contributed by atoms with Gasteiger partial charge in [0.15, 0.2) is 5.78 Å². The number of nitro groups is 1. The fourth-order valence-electron chi connectivity index (χ4n) is 2.57. The van der Waals surface area contributed by atoms with E-state index >= 15 is 0 Å². The number of hydrogen-bond acceptors (Lipinski definition) is 6. The number of ketones is 1. The van der Waals surface area contributed by atoms with Crippen LogP contribution in [0.1, 0.15) is 15.9 Å². The molecule has 0 radical (unpaired) electrons. The number of ether oxygens (including phenoxy) is 1. The molecule has 8 nitrogen and oxygen atoms in total. The summed E-state index contributed by atoms with van der Waals surface area (Å²) in [6.07, 6.45) is 0. The molecule has 30 heavy (non-hydrogen) atoms. The van der Waals surface area contributed by atoms with E-state index in [0.29, 0.717) is 17.9 Å². The molecule has 3 rings (SSSR count).